The molecule has 0 saturated heterocycles. The molecule has 3 nitrogen and oxygen atoms in total. The SMILES string of the molecule is C[C@@H](NCC(=O)Nc1ccc(Cl)cc1)C1CCCCCC1. The number of carbonyl (C=O) groups excluding carboxylic acids is 1. The molecule has 1 amide bonds. The number of halogens is 1. The van der Waals surface area contributed by atoms with Gasteiger partial charge in [-0.15, -0.1) is 0 Å². The Morgan fingerprint density at radius 3 is 2.43 bits per heavy atom. The van der Waals surface area contributed by atoms with Gasteiger partial charge in [0.25, 0.3) is 0 Å². The molecule has 4 heteroatoms. The first-order valence-corrected chi connectivity index (χ1v) is 8.32. The second-order valence-corrected chi connectivity index (χ2v) is 6.41. The molecule has 0 bridgehead atoms. The lowest BCUT2D eigenvalue weighted by Gasteiger charge is -2.23. The summed E-state index contributed by atoms with van der Waals surface area (Å²) < 4.78 is 0. The van der Waals surface area contributed by atoms with E-state index >= 15 is 0 Å². The minimum atomic E-state index is -0.00204. The molecule has 1 aromatic rings. The van der Waals surface area contributed by atoms with Gasteiger partial charge in [0, 0.05) is 16.8 Å². The van der Waals surface area contributed by atoms with Crippen molar-refractivity contribution in [1.29, 1.82) is 0 Å². The van der Waals surface area contributed by atoms with Crippen molar-refractivity contribution in [3.05, 3.63) is 29.3 Å². The molecule has 1 aliphatic rings. The zero-order chi connectivity index (χ0) is 15.1. The van der Waals surface area contributed by atoms with Crippen LogP contribution in [0.3, 0.4) is 0 Å². The average molecular weight is 309 g/mol. The zero-order valence-corrected chi connectivity index (χ0v) is 13.5. The molecule has 0 radical (unpaired) electrons. The molecule has 2 rings (SSSR count). The normalized spacial score (nSPS) is 18.0. The third kappa shape index (κ3) is 5.68. The molecule has 1 aliphatic carbocycles. The van der Waals surface area contributed by atoms with E-state index in [1.54, 1.807) is 12.1 Å². The summed E-state index contributed by atoms with van der Waals surface area (Å²) >= 11 is 5.83. The summed E-state index contributed by atoms with van der Waals surface area (Å²) in [5.74, 6) is 0.702. The number of rotatable bonds is 5. The fraction of sp³-hybridized carbons (Fsp3) is 0.588. The van der Waals surface area contributed by atoms with Crippen molar-refractivity contribution in [1.82, 2.24) is 5.32 Å². The van der Waals surface area contributed by atoms with Crippen LogP contribution >= 0.6 is 11.6 Å². The third-order valence-electron chi connectivity index (χ3n) is 4.32. The van der Waals surface area contributed by atoms with Crippen LogP contribution in [0.4, 0.5) is 5.69 Å². The van der Waals surface area contributed by atoms with Crippen LogP contribution in [0.25, 0.3) is 0 Å². The number of nitrogens with one attached hydrogen (secondary N) is 2. The number of hydrogen-bond acceptors (Lipinski definition) is 2. The highest BCUT2D eigenvalue weighted by atomic mass is 35.5. The lowest BCUT2D eigenvalue weighted by atomic mass is 9.93. The first-order chi connectivity index (χ1) is 10.1. The molecule has 0 unspecified atom stereocenters. The van der Waals surface area contributed by atoms with Crippen LogP contribution in [0.15, 0.2) is 24.3 Å². The monoisotopic (exact) mass is 308 g/mol. The van der Waals surface area contributed by atoms with Gasteiger partial charge in [0.05, 0.1) is 6.54 Å². The smallest absolute Gasteiger partial charge is 0.238 e. The maximum absolute atomic E-state index is 11.9. The van der Waals surface area contributed by atoms with Gasteiger partial charge in [-0.25, -0.2) is 0 Å². The quantitative estimate of drug-likeness (QED) is 0.799. The van der Waals surface area contributed by atoms with E-state index in [2.05, 4.69) is 17.6 Å². The highest BCUT2D eigenvalue weighted by Gasteiger charge is 2.19. The van der Waals surface area contributed by atoms with Gasteiger partial charge in [0.15, 0.2) is 0 Å². The van der Waals surface area contributed by atoms with Gasteiger partial charge < -0.3 is 10.6 Å². The third-order valence-corrected chi connectivity index (χ3v) is 4.57. The standard InChI is InChI=1S/C17H25ClN2O/c1-13(14-6-4-2-3-5-7-14)19-12-17(21)20-16-10-8-15(18)9-11-16/h8-11,13-14,19H,2-7,12H2,1H3,(H,20,21)/t13-/m1/s1. The van der Waals surface area contributed by atoms with Crippen LogP contribution in [0, 0.1) is 5.92 Å². The van der Waals surface area contributed by atoms with Crippen LogP contribution in [-0.4, -0.2) is 18.5 Å². The van der Waals surface area contributed by atoms with E-state index in [-0.39, 0.29) is 5.91 Å². The van der Waals surface area contributed by atoms with Crippen LogP contribution in [0.2, 0.25) is 5.02 Å². The second kappa shape index (κ2) is 8.40. The van der Waals surface area contributed by atoms with Gasteiger partial charge >= 0.3 is 0 Å². The number of anilines is 1. The predicted molar refractivity (Wildman–Crippen MR) is 88.7 cm³/mol. The molecule has 1 fully saturated rings. The summed E-state index contributed by atoms with van der Waals surface area (Å²) in [6, 6.07) is 7.58. The van der Waals surface area contributed by atoms with E-state index in [9.17, 15) is 4.79 Å². The van der Waals surface area contributed by atoms with Gasteiger partial charge in [-0.3, -0.25) is 4.79 Å². The van der Waals surface area contributed by atoms with Crippen molar-refractivity contribution in [3.8, 4) is 0 Å². The highest BCUT2D eigenvalue weighted by Crippen LogP contribution is 2.25. The van der Waals surface area contributed by atoms with Gasteiger partial charge in [0.1, 0.15) is 0 Å². The Bertz CT molecular complexity index is 439. The highest BCUT2D eigenvalue weighted by molar-refractivity contribution is 6.30. The topological polar surface area (TPSA) is 41.1 Å². The average Bonchev–Trinajstić information content (AvgIpc) is 2.76. The molecular formula is C17H25ClN2O. The molecule has 1 saturated carbocycles. The fourth-order valence-electron chi connectivity index (χ4n) is 2.97. The van der Waals surface area contributed by atoms with Gasteiger partial charge in [-0.2, -0.15) is 0 Å². The maximum atomic E-state index is 11.9. The van der Waals surface area contributed by atoms with E-state index in [1.807, 2.05) is 12.1 Å². The van der Waals surface area contributed by atoms with Gasteiger partial charge in [-0.05, 0) is 49.9 Å². The molecule has 0 heterocycles. The first kappa shape index (κ1) is 16.3. The van der Waals surface area contributed by atoms with Gasteiger partial charge in [-0.1, -0.05) is 37.3 Å². The molecule has 116 valence electrons. The van der Waals surface area contributed by atoms with Crippen LogP contribution in [0.5, 0.6) is 0 Å². The van der Waals surface area contributed by atoms with E-state index in [1.165, 1.54) is 38.5 Å². The summed E-state index contributed by atoms with van der Waals surface area (Å²) in [5.41, 5.74) is 0.785. The van der Waals surface area contributed by atoms with Crippen molar-refractivity contribution in [2.24, 2.45) is 5.92 Å². The van der Waals surface area contributed by atoms with Crippen LogP contribution < -0.4 is 10.6 Å². The predicted octanol–water partition coefficient (Wildman–Crippen LogP) is 4.23. The minimum absolute atomic E-state index is 0.00204. The number of carbonyl (C=O) groups is 1. The van der Waals surface area contributed by atoms with Crippen molar-refractivity contribution in [2.75, 3.05) is 11.9 Å². The fourth-order valence-corrected chi connectivity index (χ4v) is 3.10. The Morgan fingerprint density at radius 2 is 1.81 bits per heavy atom. The van der Waals surface area contributed by atoms with Crippen molar-refractivity contribution in [2.45, 2.75) is 51.5 Å². The van der Waals surface area contributed by atoms with Crippen LogP contribution in [0.1, 0.15) is 45.4 Å². The van der Waals surface area contributed by atoms with Crippen molar-refractivity contribution < 1.29 is 4.79 Å². The summed E-state index contributed by atoms with van der Waals surface area (Å²) in [4.78, 5) is 11.9. The van der Waals surface area contributed by atoms with Gasteiger partial charge in [0.2, 0.25) is 5.91 Å². The van der Waals surface area contributed by atoms with E-state index in [4.69, 9.17) is 11.6 Å². The van der Waals surface area contributed by atoms with Crippen molar-refractivity contribution in [3.63, 3.8) is 0 Å². The summed E-state index contributed by atoms with van der Waals surface area (Å²) in [7, 11) is 0. The number of hydrogen-bond donors (Lipinski definition) is 2. The lowest BCUT2D eigenvalue weighted by molar-refractivity contribution is -0.115. The summed E-state index contributed by atoms with van der Waals surface area (Å²) in [5, 5.41) is 6.93. The Labute approximate surface area is 132 Å². The van der Waals surface area contributed by atoms with E-state index < -0.39 is 0 Å². The Morgan fingerprint density at radius 1 is 1.19 bits per heavy atom. The summed E-state index contributed by atoms with van der Waals surface area (Å²) in [6.45, 7) is 2.56. The molecule has 0 aromatic heterocycles. The Balaban J connectivity index is 1.73. The van der Waals surface area contributed by atoms with Crippen molar-refractivity contribution >= 4 is 23.2 Å². The Kier molecular flexibility index (Phi) is 6.52. The Hall–Kier alpha value is -1.06. The number of benzene rings is 1. The number of amides is 1. The minimum Gasteiger partial charge on any atom is -0.325 e. The lowest BCUT2D eigenvalue weighted by Crippen LogP contribution is -2.38. The first-order valence-electron chi connectivity index (χ1n) is 7.94. The van der Waals surface area contributed by atoms with E-state index in [0.29, 0.717) is 23.5 Å². The second-order valence-electron chi connectivity index (χ2n) is 5.98. The molecule has 21 heavy (non-hydrogen) atoms. The molecule has 0 spiro atoms. The molecule has 1 atom stereocenters. The summed E-state index contributed by atoms with van der Waals surface area (Å²) in [6.07, 6.45) is 7.95. The largest absolute Gasteiger partial charge is 0.325 e. The molecular weight excluding hydrogens is 284 g/mol. The molecule has 1 aromatic carbocycles. The maximum Gasteiger partial charge on any atom is 0.238 e. The van der Waals surface area contributed by atoms with E-state index in [0.717, 1.165) is 5.69 Å². The molecule has 2 N–H and O–H groups in total. The van der Waals surface area contributed by atoms with Crippen LogP contribution in [-0.2, 0) is 4.79 Å². The zero-order valence-electron chi connectivity index (χ0n) is 12.7. The molecule has 0 aliphatic heterocycles.